The first kappa shape index (κ1) is 22.5. The van der Waals surface area contributed by atoms with Crippen molar-refractivity contribution in [3.05, 3.63) is 72.2 Å². The number of hydrogen-bond acceptors (Lipinski definition) is 8. The van der Waals surface area contributed by atoms with E-state index in [2.05, 4.69) is 10.2 Å². The predicted molar refractivity (Wildman–Crippen MR) is 124 cm³/mol. The van der Waals surface area contributed by atoms with Gasteiger partial charge in [0, 0.05) is 5.56 Å². The van der Waals surface area contributed by atoms with Gasteiger partial charge in [-0.25, -0.2) is 0 Å². The predicted octanol–water partition coefficient (Wildman–Crippen LogP) is 4.59. The van der Waals surface area contributed by atoms with Gasteiger partial charge in [-0.1, -0.05) is 23.9 Å². The van der Waals surface area contributed by atoms with E-state index in [4.69, 9.17) is 18.6 Å². The fourth-order valence-electron chi connectivity index (χ4n) is 3.31. The fourth-order valence-corrected chi connectivity index (χ4v) is 4.13. The molecule has 9 heteroatoms. The summed E-state index contributed by atoms with van der Waals surface area (Å²) in [7, 11) is 4.71. The Bertz CT molecular complexity index is 1240. The van der Waals surface area contributed by atoms with Gasteiger partial charge < -0.3 is 18.6 Å². The molecule has 4 rings (SSSR count). The number of carbonyl (C=O) groups excluding carboxylic acids is 1. The highest BCUT2D eigenvalue weighted by molar-refractivity contribution is 7.99. The van der Waals surface area contributed by atoms with Crippen molar-refractivity contribution in [2.24, 2.45) is 0 Å². The lowest BCUT2D eigenvalue weighted by Gasteiger charge is -2.11. The zero-order valence-corrected chi connectivity index (χ0v) is 19.3. The van der Waals surface area contributed by atoms with Crippen molar-refractivity contribution in [1.82, 2.24) is 14.8 Å². The van der Waals surface area contributed by atoms with Crippen molar-refractivity contribution in [1.29, 1.82) is 0 Å². The zero-order valence-electron chi connectivity index (χ0n) is 18.5. The summed E-state index contributed by atoms with van der Waals surface area (Å²) in [6.45, 7) is 0.422. The minimum atomic E-state index is -0.105. The van der Waals surface area contributed by atoms with Crippen molar-refractivity contribution in [2.45, 2.75) is 11.7 Å². The number of rotatable bonds is 10. The maximum atomic E-state index is 13.0. The van der Waals surface area contributed by atoms with E-state index >= 15 is 0 Å². The molecule has 170 valence electrons. The van der Waals surface area contributed by atoms with Gasteiger partial charge in [-0.05, 0) is 42.5 Å². The summed E-state index contributed by atoms with van der Waals surface area (Å²) >= 11 is 1.30. The second-order valence-corrected chi connectivity index (χ2v) is 7.92. The number of Topliss-reactive ketones (excluding diaryl/α,β-unsaturated/α-hetero) is 1. The topological polar surface area (TPSA) is 88.6 Å². The number of carbonyl (C=O) groups is 1. The van der Waals surface area contributed by atoms with Crippen molar-refractivity contribution in [2.75, 3.05) is 27.1 Å². The molecule has 0 aliphatic rings. The first-order valence-corrected chi connectivity index (χ1v) is 11.1. The maximum absolute atomic E-state index is 13.0. The molecule has 0 atom stereocenters. The molecule has 33 heavy (non-hydrogen) atoms. The Morgan fingerprint density at radius 1 is 0.970 bits per heavy atom. The van der Waals surface area contributed by atoms with Crippen LogP contribution >= 0.6 is 11.8 Å². The number of hydrogen-bond donors (Lipinski definition) is 0. The van der Waals surface area contributed by atoms with Crippen LogP contribution < -0.4 is 14.2 Å². The number of nitrogens with zero attached hydrogens (tertiary/aromatic N) is 3. The number of thioether (sulfide) groups is 1. The van der Waals surface area contributed by atoms with Crippen LogP contribution in [0.25, 0.3) is 11.4 Å². The Balaban J connectivity index is 1.62. The molecule has 0 saturated carbocycles. The van der Waals surface area contributed by atoms with Gasteiger partial charge in [0.1, 0.15) is 23.0 Å². The molecule has 8 nitrogen and oxygen atoms in total. The van der Waals surface area contributed by atoms with Crippen LogP contribution in [0.2, 0.25) is 0 Å². The van der Waals surface area contributed by atoms with E-state index in [1.165, 1.54) is 18.9 Å². The van der Waals surface area contributed by atoms with Gasteiger partial charge in [0.05, 0.1) is 45.5 Å². The van der Waals surface area contributed by atoms with Crippen LogP contribution in [0.1, 0.15) is 16.1 Å². The third-order valence-electron chi connectivity index (χ3n) is 4.98. The molecule has 4 aromatic rings. The molecule has 0 unspecified atom stereocenters. The van der Waals surface area contributed by atoms with Gasteiger partial charge >= 0.3 is 0 Å². The molecule has 2 aromatic heterocycles. The largest absolute Gasteiger partial charge is 0.497 e. The average Bonchev–Trinajstić information content (AvgIpc) is 3.52. The molecule has 0 aliphatic heterocycles. The van der Waals surface area contributed by atoms with E-state index < -0.39 is 0 Å². The van der Waals surface area contributed by atoms with Gasteiger partial charge in [-0.2, -0.15) is 0 Å². The molecule has 0 bridgehead atoms. The lowest BCUT2D eigenvalue weighted by Crippen LogP contribution is -2.08. The highest BCUT2D eigenvalue weighted by atomic mass is 32.2. The molecule has 0 N–H and O–H groups in total. The Morgan fingerprint density at radius 2 is 1.79 bits per heavy atom. The molecule has 2 aromatic carbocycles. The zero-order chi connectivity index (χ0) is 23.2. The van der Waals surface area contributed by atoms with Gasteiger partial charge in [0.25, 0.3) is 0 Å². The molecule has 0 saturated heterocycles. The Labute approximate surface area is 195 Å². The molecular weight excluding hydrogens is 442 g/mol. The van der Waals surface area contributed by atoms with E-state index in [0.29, 0.717) is 34.6 Å². The Morgan fingerprint density at radius 3 is 2.52 bits per heavy atom. The fraction of sp³-hybridized carbons (Fsp3) is 0.208. The smallest absolute Gasteiger partial charge is 0.192 e. The number of aromatic nitrogens is 3. The van der Waals surface area contributed by atoms with Crippen LogP contribution in [0.4, 0.5) is 0 Å². The molecular formula is C24H23N3O5S. The van der Waals surface area contributed by atoms with Crippen LogP contribution in [-0.2, 0) is 6.54 Å². The number of benzene rings is 2. The molecule has 0 radical (unpaired) electrons. The summed E-state index contributed by atoms with van der Waals surface area (Å²) in [5.41, 5.74) is 1.30. The third kappa shape index (κ3) is 5.04. The standard InChI is InChI=1S/C24H23N3O5S/c1-29-17-7-4-6-16(12-17)23-25-26-24(27(23)14-19-8-5-11-32-19)33-15-21(28)20-13-18(30-2)9-10-22(20)31-3/h4-13H,14-15H2,1-3H3. The van der Waals surface area contributed by atoms with Gasteiger partial charge in [-0.3, -0.25) is 9.36 Å². The SMILES string of the molecule is COc1cccc(-c2nnc(SCC(=O)c3cc(OC)ccc3OC)n2Cc2ccco2)c1. The summed E-state index contributed by atoms with van der Waals surface area (Å²) in [6, 6.07) is 16.5. The number of ether oxygens (including phenoxy) is 3. The first-order valence-electron chi connectivity index (χ1n) is 10.1. The minimum Gasteiger partial charge on any atom is -0.497 e. The summed E-state index contributed by atoms with van der Waals surface area (Å²) < 4.78 is 23.4. The summed E-state index contributed by atoms with van der Waals surface area (Å²) in [5.74, 6) is 3.25. The first-order chi connectivity index (χ1) is 16.1. The van der Waals surface area contributed by atoms with E-state index in [9.17, 15) is 4.79 Å². The van der Waals surface area contributed by atoms with Crippen molar-refractivity contribution in [3.63, 3.8) is 0 Å². The van der Waals surface area contributed by atoms with Crippen LogP contribution in [0.5, 0.6) is 17.2 Å². The molecule has 0 amide bonds. The minimum absolute atomic E-state index is 0.105. The Hall–Kier alpha value is -3.72. The van der Waals surface area contributed by atoms with E-state index in [-0.39, 0.29) is 11.5 Å². The lowest BCUT2D eigenvalue weighted by molar-refractivity contribution is 0.101. The van der Waals surface area contributed by atoms with Crippen molar-refractivity contribution in [3.8, 4) is 28.6 Å². The van der Waals surface area contributed by atoms with E-state index in [1.54, 1.807) is 38.7 Å². The summed E-state index contributed by atoms with van der Waals surface area (Å²) in [6.07, 6.45) is 1.62. The number of methoxy groups -OCH3 is 3. The summed E-state index contributed by atoms with van der Waals surface area (Å²) in [4.78, 5) is 13.0. The van der Waals surface area contributed by atoms with Crippen LogP contribution in [0, 0.1) is 0 Å². The number of ketones is 1. The third-order valence-corrected chi connectivity index (χ3v) is 5.95. The Kier molecular flexibility index (Phi) is 6.99. The van der Waals surface area contributed by atoms with Crippen molar-refractivity contribution < 1.29 is 23.4 Å². The number of furan rings is 1. The van der Waals surface area contributed by atoms with Gasteiger partial charge in [0.2, 0.25) is 0 Å². The van der Waals surface area contributed by atoms with Crippen LogP contribution in [0.15, 0.2) is 70.4 Å². The van der Waals surface area contributed by atoms with E-state index in [1.807, 2.05) is 41.0 Å². The second kappa shape index (κ2) is 10.3. The van der Waals surface area contributed by atoms with Gasteiger partial charge in [0.15, 0.2) is 16.8 Å². The normalized spacial score (nSPS) is 10.8. The molecule has 0 spiro atoms. The second-order valence-electron chi connectivity index (χ2n) is 6.98. The summed E-state index contributed by atoms with van der Waals surface area (Å²) in [5, 5.41) is 9.35. The molecule has 0 fully saturated rings. The lowest BCUT2D eigenvalue weighted by atomic mass is 10.1. The van der Waals surface area contributed by atoms with Crippen LogP contribution in [0.3, 0.4) is 0 Å². The quantitative estimate of drug-likeness (QED) is 0.248. The van der Waals surface area contributed by atoms with Crippen LogP contribution in [-0.4, -0.2) is 47.6 Å². The average molecular weight is 466 g/mol. The van der Waals surface area contributed by atoms with E-state index in [0.717, 1.165) is 17.1 Å². The maximum Gasteiger partial charge on any atom is 0.192 e. The monoisotopic (exact) mass is 465 g/mol. The molecule has 2 heterocycles. The van der Waals surface area contributed by atoms with Gasteiger partial charge in [-0.15, -0.1) is 10.2 Å². The highest BCUT2D eigenvalue weighted by Gasteiger charge is 2.19. The van der Waals surface area contributed by atoms with Crippen molar-refractivity contribution >= 4 is 17.5 Å². The molecule has 0 aliphatic carbocycles. The highest BCUT2D eigenvalue weighted by Crippen LogP contribution is 2.30.